The highest BCUT2D eigenvalue weighted by molar-refractivity contribution is 7.22. The zero-order valence-electron chi connectivity index (χ0n) is 33.6. The number of carbonyl (C=O) groups is 2. The lowest BCUT2D eigenvalue weighted by Gasteiger charge is -2.52. The third kappa shape index (κ3) is 15.8. The number of aliphatic hydroxyl groups excluding tert-OH is 10. The van der Waals surface area contributed by atoms with Gasteiger partial charge in [-0.25, -0.2) is 0 Å². The van der Waals surface area contributed by atoms with Crippen LogP contribution in [0, 0.1) is 0 Å². The molecule has 0 saturated carbocycles. The zero-order chi connectivity index (χ0) is 42.3. The SMILES string of the molecule is CC(C)(O[Si](C)(C)O[Si](C)(C)[B]NC(=O)C(O)C(O)C(O)C(O)CO)[Si](C)(C)OC(C)(C)[Si](C)(C)O[Si](C)(C)[B]NC(=O)C(O)C(O)C(O)C(O)CO. The van der Waals surface area contributed by atoms with Gasteiger partial charge in [0.15, 0.2) is 28.6 Å². The van der Waals surface area contributed by atoms with Gasteiger partial charge in [-0.1, -0.05) is 26.2 Å². The molecule has 0 aliphatic rings. The van der Waals surface area contributed by atoms with Gasteiger partial charge < -0.3 is 78.6 Å². The normalized spacial score (nSPS) is 18.6. The summed E-state index contributed by atoms with van der Waals surface area (Å²) in [5, 5.41) is 100. The Morgan fingerprint density at radius 3 is 1.21 bits per heavy atom. The zero-order valence-corrected chi connectivity index (χ0v) is 38.6. The van der Waals surface area contributed by atoms with Crippen molar-refractivity contribution in [3.8, 4) is 0 Å². The molecule has 0 aliphatic heterocycles. The highest BCUT2D eigenvalue weighted by atomic mass is 28.4. The fraction of sp³-hybridized carbons (Fsp3) is 0.929. The van der Waals surface area contributed by atoms with Gasteiger partial charge >= 0.3 is 8.56 Å². The van der Waals surface area contributed by atoms with Crippen molar-refractivity contribution in [1.29, 1.82) is 0 Å². The third-order valence-electron chi connectivity index (χ3n) is 9.11. The molecule has 0 bridgehead atoms. The summed E-state index contributed by atoms with van der Waals surface area (Å²) in [6.45, 7) is 24.9. The largest absolute Gasteiger partial charge is 0.458 e. The first kappa shape index (κ1) is 52.6. The first-order valence-corrected chi connectivity index (χ1v) is 31.9. The van der Waals surface area contributed by atoms with E-state index >= 15 is 0 Å². The summed E-state index contributed by atoms with van der Waals surface area (Å²) in [6.07, 6.45) is -15.7. The Kier molecular flexibility index (Phi) is 19.7. The fourth-order valence-corrected chi connectivity index (χ4v) is 24.3. The molecule has 0 aromatic carbocycles. The van der Waals surface area contributed by atoms with Crippen LogP contribution in [0.1, 0.15) is 27.7 Å². The molecule has 0 spiro atoms. The van der Waals surface area contributed by atoms with Gasteiger partial charge in [0.2, 0.25) is 28.4 Å². The van der Waals surface area contributed by atoms with Gasteiger partial charge in [-0.3, -0.25) is 9.59 Å². The average molecular weight is 849 g/mol. The van der Waals surface area contributed by atoms with Crippen molar-refractivity contribution >= 4 is 67.4 Å². The maximum Gasteiger partial charge on any atom is 0.321 e. The highest BCUT2D eigenvalue weighted by Crippen LogP contribution is 2.37. The third-order valence-corrected chi connectivity index (χ3v) is 27.4. The van der Waals surface area contributed by atoms with Crippen LogP contribution in [0.25, 0.3) is 0 Å². The minimum atomic E-state index is -2.97. The molecule has 2 radical (unpaired) electrons. The lowest BCUT2D eigenvalue weighted by atomic mass is 10.0. The van der Waals surface area contributed by atoms with Crippen molar-refractivity contribution in [2.24, 2.45) is 0 Å². The van der Waals surface area contributed by atoms with Gasteiger partial charge in [0.05, 0.1) is 23.7 Å². The lowest BCUT2D eigenvalue weighted by molar-refractivity contribution is -0.147. The van der Waals surface area contributed by atoms with Crippen molar-refractivity contribution in [3.63, 3.8) is 0 Å². The summed E-state index contributed by atoms with van der Waals surface area (Å²) in [7, 11) is -11.4. The van der Waals surface area contributed by atoms with Gasteiger partial charge in [-0.15, -0.1) is 0 Å². The molecule has 2 amide bonds. The smallest absolute Gasteiger partial charge is 0.321 e. The number of carbonyl (C=O) groups excluding carboxylic acids is 2. The van der Waals surface area contributed by atoms with Gasteiger partial charge in [0, 0.05) is 0 Å². The Balaban J connectivity index is 5.62. The van der Waals surface area contributed by atoms with Crippen LogP contribution in [0.2, 0.25) is 65.5 Å². The summed E-state index contributed by atoms with van der Waals surface area (Å²) in [6, 6.07) is 0. The Bertz CT molecular complexity index is 1190. The Morgan fingerprint density at radius 2 is 0.868 bits per heavy atom. The van der Waals surface area contributed by atoms with E-state index < -0.39 is 126 Å². The molecule has 53 heavy (non-hydrogen) atoms. The van der Waals surface area contributed by atoms with Crippen LogP contribution in [-0.4, -0.2) is 191 Å². The number of hydrogen-bond donors (Lipinski definition) is 12. The summed E-state index contributed by atoms with van der Waals surface area (Å²) in [5.41, 5.74) is 0. The molecule has 8 unspecified atom stereocenters. The number of amides is 2. The summed E-state index contributed by atoms with van der Waals surface area (Å²) < 4.78 is 26.8. The van der Waals surface area contributed by atoms with Crippen molar-refractivity contribution in [2.75, 3.05) is 13.2 Å². The lowest BCUT2D eigenvalue weighted by Crippen LogP contribution is -2.69. The van der Waals surface area contributed by atoms with Crippen molar-refractivity contribution in [1.82, 2.24) is 10.5 Å². The number of hydrogen-bond acceptors (Lipinski definition) is 16. The first-order chi connectivity index (χ1) is 23.5. The summed E-state index contributed by atoms with van der Waals surface area (Å²) >= 11 is 0. The molecule has 0 aromatic heterocycles. The van der Waals surface area contributed by atoms with Gasteiger partial charge in [-0.05, 0) is 67.0 Å². The molecule has 0 heterocycles. The van der Waals surface area contributed by atoms with Crippen LogP contribution < -0.4 is 10.5 Å². The molecule has 0 aliphatic carbocycles. The Labute approximate surface area is 320 Å². The van der Waals surface area contributed by atoms with E-state index in [0.717, 1.165) is 0 Å². The van der Waals surface area contributed by atoms with E-state index in [9.17, 15) is 50.4 Å². The Morgan fingerprint density at radius 1 is 0.547 bits per heavy atom. The fourth-order valence-electron chi connectivity index (χ4n) is 5.13. The number of rotatable bonds is 24. The molecular formula is C28H66B2N2O16Si5. The molecule has 0 fully saturated rings. The van der Waals surface area contributed by atoms with E-state index in [1.165, 1.54) is 14.0 Å². The van der Waals surface area contributed by atoms with E-state index in [-0.39, 0.29) is 0 Å². The van der Waals surface area contributed by atoms with Crippen LogP contribution in [0.4, 0.5) is 0 Å². The molecule has 25 heteroatoms. The standard InChI is InChI=1S/C28H66B2N2O16Si5/c1-27(2,50(7,8)47-51(9,10)29-31-25(43)23(41)21(39)19(37)17(35)15-33)45-49(5,6)28(3,4)46-53(13,14)48-52(11,12)30-32-26(44)24(42)22(40)20(38)18(36)16-34/h17-24,33-42H,15-16H2,1-14H3,(H,31,43)(H,32,44). The molecule has 310 valence electrons. The maximum absolute atomic E-state index is 12.5. The minimum absolute atomic E-state index is 0.795. The summed E-state index contributed by atoms with van der Waals surface area (Å²) in [4.78, 5) is 25.1. The maximum atomic E-state index is 12.5. The summed E-state index contributed by atoms with van der Waals surface area (Å²) in [5.74, 6) is -2.07. The number of aliphatic hydroxyl groups is 10. The highest BCUT2D eigenvalue weighted by Gasteiger charge is 2.55. The molecule has 0 rings (SSSR count). The average Bonchev–Trinajstić information content (AvgIpc) is 3.00. The van der Waals surface area contributed by atoms with Crippen molar-refractivity contribution in [3.05, 3.63) is 0 Å². The van der Waals surface area contributed by atoms with E-state index in [2.05, 4.69) is 10.5 Å². The van der Waals surface area contributed by atoms with E-state index in [1.807, 2.05) is 80.1 Å². The molecule has 8 atom stereocenters. The number of nitrogens with one attached hydrogen (secondary N) is 2. The predicted octanol–water partition coefficient (Wildman–Crippen LogP) is -3.45. The van der Waals surface area contributed by atoms with Crippen LogP contribution in [-0.2, 0) is 26.7 Å². The molecule has 18 nitrogen and oxygen atoms in total. The van der Waals surface area contributed by atoms with Crippen LogP contribution in [0.5, 0.6) is 0 Å². The molecular weight excluding hydrogens is 782 g/mol. The van der Waals surface area contributed by atoms with Crippen molar-refractivity contribution in [2.45, 2.75) is 152 Å². The van der Waals surface area contributed by atoms with E-state index in [0.29, 0.717) is 0 Å². The van der Waals surface area contributed by atoms with E-state index in [4.69, 9.17) is 27.3 Å². The van der Waals surface area contributed by atoms with Gasteiger partial charge in [0.25, 0.3) is 14.0 Å². The van der Waals surface area contributed by atoms with Crippen LogP contribution >= 0.6 is 0 Å². The van der Waals surface area contributed by atoms with Gasteiger partial charge in [-0.2, -0.15) is 0 Å². The molecule has 0 saturated heterocycles. The first-order valence-electron chi connectivity index (χ1n) is 17.3. The predicted molar refractivity (Wildman–Crippen MR) is 210 cm³/mol. The monoisotopic (exact) mass is 848 g/mol. The second-order valence-electron chi connectivity index (χ2n) is 16.7. The van der Waals surface area contributed by atoms with Gasteiger partial charge in [0.1, 0.15) is 36.6 Å². The van der Waals surface area contributed by atoms with Crippen LogP contribution in [0.15, 0.2) is 0 Å². The van der Waals surface area contributed by atoms with Crippen molar-refractivity contribution < 1.29 is 77.7 Å². The molecule has 12 N–H and O–H groups in total. The second-order valence-corrected chi connectivity index (χ2v) is 37.0. The molecule has 0 aromatic rings. The topological polar surface area (TPSA) is 297 Å². The second kappa shape index (κ2) is 19.8. The quantitative estimate of drug-likeness (QED) is 0.0421. The minimum Gasteiger partial charge on any atom is -0.458 e. The van der Waals surface area contributed by atoms with E-state index in [1.54, 1.807) is 13.1 Å². The van der Waals surface area contributed by atoms with Crippen LogP contribution in [0.3, 0.4) is 0 Å². The Hall–Kier alpha value is -0.406.